The van der Waals surface area contributed by atoms with Crippen molar-refractivity contribution < 1.29 is 4.74 Å². The lowest BCUT2D eigenvalue weighted by Crippen LogP contribution is -2.07. The number of hydrogen-bond acceptors (Lipinski definition) is 4. The number of aromatic nitrogens is 2. The van der Waals surface area contributed by atoms with Crippen molar-refractivity contribution in [2.24, 2.45) is 0 Å². The highest BCUT2D eigenvalue weighted by Gasteiger charge is 2.10. The van der Waals surface area contributed by atoms with E-state index < -0.39 is 0 Å². The Morgan fingerprint density at radius 3 is 3.60 bits per heavy atom. The van der Waals surface area contributed by atoms with Crippen LogP contribution in [0.25, 0.3) is 0 Å². The van der Waals surface area contributed by atoms with Gasteiger partial charge in [-0.3, -0.25) is 0 Å². The summed E-state index contributed by atoms with van der Waals surface area (Å²) in [5.74, 6) is 1.78. The standard InChI is InChI=1S/C6H5N2OS/c1-2-7-8-6-5(1)9-3-4-10-6/h1H,3-4H2. The molecule has 1 aliphatic heterocycles. The third kappa shape index (κ3) is 0.945. The van der Waals surface area contributed by atoms with Crippen LogP contribution in [0.4, 0.5) is 0 Å². The minimum Gasteiger partial charge on any atom is -0.490 e. The van der Waals surface area contributed by atoms with E-state index in [-0.39, 0.29) is 0 Å². The van der Waals surface area contributed by atoms with Crippen LogP contribution in [0.2, 0.25) is 0 Å². The summed E-state index contributed by atoms with van der Waals surface area (Å²) in [4.78, 5) is 0. The van der Waals surface area contributed by atoms with Crippen molar-refractivity contribution in [3.05, 3.63) is 12.3 Å². The maximum Gasteiger partial charge on any atom is 0.161 e. The first-order valence-corrected chi connectivity index (χ1v) is 3.95. The van der Waals surface area contributed by atoms with Crippen LogP contribution in [0.5, 0.6) is 5.75 Å². The van der Waals surface area contributed by atoms with Gasteiger partial charge in [0.05, 0.1) is 6.61 Å². The first-order chi connectivity index (χ1) is 4.97. The first kappa shape index (κ1) is 5.97. The van der Waals surface area contributed by atoms with Gasteiger partial charge in [0, 0.05) is 11.8 Å². The van der Waals surface area contributed by atoms with E-state index in [9.17, 15) is 0 Å². The highest BCUT2D eigenvalue weighted by molar-refractivity contribution is 7.99. The number of thioether (sulfide) groups is 1. The van der Waals surface area contributed by atoms with Crippen LogP contribution in [0.15, 0.2) is 11.1 Å². The van der Waals surface area contributed by atoms with Crippen molar-refractivity contribution in [1.29, 1.82) is 0 Å². The summed E-state index contributed by atoms with van der Waals surface area (Å²) in [5, 5.41) is 8.35. The molecule has 4 heteroatoms. The number of ether oxygens (including phenoxy) is 1. The van der Waals surface area contributed by atoms with E-state index in [1.54, 1.807) is 17.8 Å². The second kappa shape index (κ2) is 2.46. The molecule has 1 aromatic heterocycles. The summed E-state index contributed by atoms with van der Waals surface area (Å²) < 4.78 is 5.27. The summed E-state index contributed by atoms with van der Waals surface area (Å²) in [6, 6.07) is 1.72. The fourth-order valence-corrected chi connectivity index (χ4v) is 1.48. The Hall–Kier alpha value is -0.770. The third-order valence-electron chi connectivity index (χ3n) is 1.18. The quantitative estimate of drug-likeness (QED) is 0.551. The third-order valence-corrected chi connectivity index (χ3v) is 2.11. The summed E-state index contributed by atoms with van der Waals surface area (Å²) in [7, 11) is 0. The molecule has 1 aliphatic rings. The second-order valence-corrected chi connectivity index (χ2v) is 2.92. The van der Waals surface area contributed by atoms with Crippen molar-refractivity contribution in [3.8, 4) is 5.75 Å². The molecule has 0 saturated heterocycles. The van der Waals surface area contributed by atoms with Crippen molar-refractivity contribution in [2.45, 2.75) is 5.03 Å². The van der Waals surface area contributed by atoms with Gasteiger partial charge in [-0.1, -0.05) is 11.8 Å². The Kier molecular flexibility index (Phi) is 1.47. The normalized spacial score (nSPS) is 15.6. The molecule has 0 unspecified atom stereocenters. The van der Waals surface area contributed by atoms with Gasteiger partial charge in [-0.05, 0) is 0 Å². The van der Waals surface area contributed by atoms with Crippen LogP contribution in [0.1, 0.15) is 0 Å². The van der Waals surface area contributed by atoms with Crippen LogP contribution in [-0.2, 0) is 0 Å². The zero-order chi connectivity index (χ0) is 6.81. The molecule has 2 heterocycles. The van der Waals surface area contributed by atoms with E-state index in [2.05, 4.69) is 16.4 Å². The highest BCUT2D eigenvalue weighted by Crippen LogP contribution is 2.28. The van der Waals surface area contributed by atoms with Gasteiger partial charge in [0.1, 0.15) is 6.20 Å². The molecule has 0 saturated carbocycles. The molecule has 0 amide bonds. The molecule has 2 rings (SSSR count). The van der Waals surface area contributed by atoms with Gasteiger partial charge in [0.2, 0.25) is 0 Å². The summed E-state index contributed by atoms with van der Waals surface area (Å²) in [5.41, 5.74) is 0. The van der Waals surface area contributed by atoms with Crippen molar-refractivity contribution >= 4 is 11.8 Å². The van der Waals surface area contributed by atoms with Gasteiger partial charge in [-0.15, -0.1) is 10.2 Å². The number of hydrogen-bond donors (Lipinski definition) is 0. The van der Waals surface area contributed by atoms with Crippen molar-refractivity contribution in [3.63, 3.8) is 0 Å². The average Bonchev–Trinajstić information content (AvgIpc) is 2.05. The minimum absolute atomic E-state index is 0.761. The average molecular weight is 153 g/mol. The molecule has 1 radical (unpaired) electrons. The molecule has 0 N–H and O–H groups in total. The van der Waals surface area contributed by atoms with Gasteiger partial charge >= 0.3 is 0 Å². The molecule has 3 nitrogen and oxygen atoms in total. The fraction of sp³-hybridized carbons (Fsp3) is 0.333. The van der Waals surface area contributed by atoms with E-state index in [0.717, 1.165) is 23.1 Å². The lowest BCUT2D eigenvalue weighted by Gasteiger charge is -2.13. The molecule has 51 valence electrons. The van der Waals surface area contributed by atoms with Crippen LogP contribution in [0.3, 0.4) is 0 Å². The van der Waals surface area contributed by atoms with Crippen LogP contribution < -0.4 is 4.74 Å². The maximum atomic E-state index is 5.27. The molecule has 10 heavy (non-hydrogen) atoms. The second-order valence-electron chi connectivity index (χ2n) is 1.84. The Morgan fingerprint density at radius 1 is 1.70 bits per heavy atom. The van der Waals surface area contributed by atoms with Gasteiger partial charge in [-0.2, -0.15) is 0 Å². The van der Waals surface area contributed by atoms with Gasteiger partial charge < -0.3 is 4.74 Å². The van der Waals surface area contributed by atoms with E-state index in [4.69, 9.17) is 4.74 Å². The SMILES string of the molecule is [c]1cc2c(nn1)SCCO2. The molecule has 0 aliphatic carbocycles. The number of rotatable bonds is 0. The lowest BCUT2D eigenvalue weighted by molar-refractivity contribution is 0.324. The minimum atomic E-state index is 0.761. The molecule has 0 spiro atoms. The Labute approximate surface area is 62.8 Å². The summed E-state index contributed by atoms with van der Waals surface area (Å²) in [6.07, 6.45) is 2.62. The molecule has 0 bridgehead atoms. The van der Waals surface area contributed by atoms with E-state index in [0.29, 0.717) is 0 Å². The largest absolute Gasteiger partial charge is 0.490 e. The molecular formula is C6H5N2OS. The zero-order valence-corrected chi connectivity index (χ0v) is 6.02. The van der Waals surface area contributed by atoms with E-state index in [1.165, 1.54) is 0 Å². The topological polar surface area (TPSA) is 35.0 Å². The Morgan fingerprint density at radius 2 is 2.70 bits per heavy atom. The van der Waals surface area contributed by atoms with Crippen LogP contribution in [0, 0.1) is 6.20 Å². The molecule has 0 fully saturated rings. The number of fused-ring (bicyclic) bond motifs is 1. The smallest absolute Gasteiger partial charge is 0.161 e. The predicted octanol–water partition coefficient (Wildman–Crippen LogP) is 0.761. The Balaban J connectivity index is 2.41. The van der Waals surface area contributed by atoms with E-state index >= 15 is 0 Å². The molecule has 0 atom stereocenters. The summed E-state index contributed by atoms with van der Waals surface area (Å²) >= 11 is 1.67. The maximum absolute atomic E-state index is 5.27. The van der Waals surface area contributed by atoms with Gasteiger partial charge in [-0.25, -0.2) is 0 Å². The number of nitrogens with zero attached hydrogens (tertiary/aromatic N) is 2. The zero-order valence-electron chi connectivity index (χ0n) is 5.20. The van der Waals surface area contributed by atoms with Gasteiger partial charge in [0.25, 0.3) is 0 Å². The van der Waals surface area contributed by atoms with Crippen molar-refractivity contribution in [1.82, 2.24) is 10.2 Å². The molecule has 0 aromatic carbocycles. The highest BCUT2D eigenvalue weighted by atomic mass is 32.2. The summed E-state index contributed by atoms with van der Waals surface area (Å²) in [6.45, 7) is 0.761. The molecule has 1 aromatic rings. The first-order valence-electron chi connectivity index (χ1n) is 2.96. The van der Waals surface area contributed by atoms with Gasteiger partial charge in [0.15, 0.2) is 10.8 Å². The van der Waals surface area contributed by atoms with Crippen molar-refractivity contribution in [2.75, 3.05) is 12.4 Å². The lowest BCUT2D eigenvalue weighted by atomic mass is 10.5. The predicted molar refractivity (Wildman–Crippen MR) is 37.1 cm³/mol. The van der Waals surface area contributed by atoms with E-state index in [1.807, 2.05) is 0 Å². The Bertz CT molecular complexity index is 216. The van der Waals surface area contributed by atoms with Crippen LogP contribution >= 0.6 is 11.8 Å². The molecular weight excluding hydrogens is 148 g/mol. The fourth-order valence-electron chi connectivity index (χ4n) is 0.766. The monoisotopic (exact) mass is 153 g/mol. The van der Waals surface area contributed by atoms with Crippen LogP contribution in [-0.4, -0.2) is 22.6 Å².